The van der Waals surface area contributed by atoms with Crippen LogP contribution in [0.5, 0.6) is 0 Å². The third-order valence-electron chi connectivity index (χ3n) is 6.11. The Morgan fingerprint density at radius 2 is 1.95 bits per heavy atom. The van der Waals surface area contributed by atoms with Crippen LogP contribution in [0.3, 0.4) is 0 Å². The highest BCUT2D eigenvalue weighted by molar-refractivity contribution is 5.71. The average Bonchev–Trinajstić information content (AvgIpc) is 2.61. The minimum absolute atomic E-state index is 0.0846. The maximum Gasteiger partial charge on any atom is 0.308 e. The Labute approximate surface area is 117 Å². The van der Waals surface area contributed by atoms with Crippen LogP contribution in [-0.4, -0.2) is 24.8 Å². The number of rotatable bonds is 4. The average molecular weight is 268 g/mol. The van der Waals surface area contributed by atoms with Gasteiger partial charge in [-0.05, 0) is 44.4 Å². The van der Waals surface area contributed by atoms with E-state index >= 15 is 0 Å². The van der Waals surface area contributed by atoms with Crippen molar-refractivity contribution in [2.45, 2.75) is 72.0 Å². The van der Waals surface area contributed by atoms with Crippen LogP contribution in [0.15, 0.2) is 0 Å². The maximum absolute atomic E-state index is 12.1. The second-order valence-electron chi connectivity index (χ2n) is 7.73. The lowest BCUT2D eigenvalue weighted by atomic mass is 9.70. The summed E-state index contributed by atoms with van der Waals surface area (Å²) in [7, 11) is 1.63. The van der Waals surface area contributed by atoms with Crippen molar-refractivity contribution < 1.29 is 14.3 Å². The molecule has 19 heavy (non-hydrogen) atoms. The highest BCUT2D eigenvalue weighted by atomic mass is 16.5. The predicted molar refractivity (Wildman–Crippen MR) is 74.8 cm³/mol. The molecule has 2 bridgehead atoms. The number of carbonyl (C=O) groups excluding carboxylic acids is 1. The predicted octanol–water partition coefficient (Wildman–Crippen LogP) is 3.56. The first-order valence-corrected chi connectivity index (χ1v) is 7.37. The van der Waals surface area contributed by atoms with Gasteiger partial charge < -0.3 is 9.47 Å². The van der Waals surface area contributed by atoms with Crippen molar-refractivity contribution in [3.8, 4) is 0 Å². The molecular formula is C16H28O3. The lowest BCUT2D eigenvalue weighted by molar-refractivity contribution is -0.162. The summed E-state index contributed by atoms with van der Waals surface area (Å²) in [5.41, 5.74) is -0.00954. The van der Waals surface area contributed by atoms with Crippen molar-refractivity contribution in [1.29, 1.82) is 0 Å². The van der Waals surface area contributed by atoms with Crippen LogP contribution in [0.25, 0.3) is 0 Å². The Morgan fingerprint density at radius 1 is 1.32 bits per heavy atom. The van der Waals surface area contributed by atoms with Gasteiger partial charge in [-0.3, -0.25) is 4.79 Å². The van der Waals surface area contributed by atoms with Gasteiger partial charge in [-0.1, -0.05) is 20.8 Å². The molecule has 0 radical (unpaired) electrons. The molecule has 0 saturated heterocycles. The molecule has 0 aromatic heterocycles. The fourth-order valence-electron chi connectivity index (χ4n) is 3.93. The van der Waals surface area contributed by atoms with E-state index in [0.29, 0.717) is 12.3 Å². The second kappa shape index (κ2) is 4.47. The third kappa shape index (κ3) is 2.31. The van der Waals surface area contributed by atoms with Gasteiger partial charge in [0.25, 0.3) is 0 Å². The molecule has 3 heteroatoms. The zero-order valence-corrected chi connectivity index (χ0v) is 13.2. The third-order valence-corrected chi connectivity index (χ3v) is 6.11. The zero-order chi connectivity index (χ0) is 14.5. The van der Waals surface area contributed by atoms with E-state index in [9.17, 15) is 4.79 Å². The lowest BCUT2D eigenvalue weighted by Crippen LogP contribution is -2.39. The molecule has 0 aromatic rings. The van der Waals surface area contributed by atoms with Gasteiger partial charge in [0.1, 0.15) is 6.10 Å². The number of fused-ring (bicyclic) bond motifs is 2. The van der Waals surface area contributed by atoms with Crippen LogP contribution in [0, 0.1) is 16.7 Å². The molecule has 2 saturated carbocycles. The number of hydrogen-bond acceptors (Lipinski definition) is 3. The zero-order valence-electron chi connectivity index (χ0n) is 13.2. The van der Waals surface area contributed by atoms with Crippen LogP contribution >= 0.6 is 0 Å². The summed E-state index contributed by atoms with van der Waals surface area (Å²) in [4.78, 5) is 12.1. The molecule has 0 amide bonds. The van der Waals surface area contributed by atoms with E-state index in [0.717, 1.165) is 6.42 Å². The molecular weight excluding hydrogens is 240 g/mol. The normalized spacial score (nSPS) is 36.5. The first-order valence-electron chi connectivity index (χ1n) is 7.37. The molecule has 0 aromatic carbocycles. The SMILES string of the molecule is COC(C)(C)CC(=O)OC1CC2CCC1(C)C2(C)C. The van der Waals surface area contributed by atoms with Gasteiger partial charge in [-0.25, -0.2) is 0 Å². The van der Waals surface area contributed by atoms with Crippen LogP contribution in [0.1, 0.15) is 60.3 Å². The molecule has 2 rings (SSSR count). The monoisotopic (exact) mass is 268 g/mol. The van der Waals surface area contributed by atoms with Gasteiger partial charge in [0, 0.05) is 12.5 Å². The van der Waals surface area contributed by atoms with Crippen molar-refractivity contribution in [3.05, 3.63) is 0 Å². The van der Waals surface area contributed by atoms with Crippen molar-refractivity contribution in [2.24, 2.45) is 16.7 Å². The minimum atomic E-state index is -0.439. The summed E-state index contributed by atoms with van der Waals surface area (Å²) in [6.45, 7) is 10.8. The van der Waals surface area contributed by atoms with Crippen LogP contribution in [-0.2, 0) is 14.3 Å². The van der Waals surface area contributed by atoms with Crippen molar-refractivity contribution in [3.63, 3.8) is 0 Å². The minimum Gasteiger partial charge on any atom is -0.462 e. The summed E-state index contributed by atoms with van der Waals surface area (Å²) >= 11 is 0. The van der Waals surface area contributed by atoms with Gasteiger partial charge in [-0.15, -0.1) is 0 Å². The first-order chi connectivity index (χ1) is 8.62. The lowest BCUT2D eigenvalue weighted by Gasteiger charge is -2.38. The number of esters is 1. The largest absolute Gasteiger partial charge is 0.462 e. The number of hydrogen-bond donors (Lipinski definition) is 0. The molecule has 3 unspecified atom stereocenters. The Kier molecular flexibility index (Phi) is 3.49. The van der Waals surface area contributed by atoms with Gasteiger partial charge in [0.15, 0.2) is 0 Å². The summed E-state index contributed by atoms with van der Waals surface area (Å²) in [5, 5.41) is 0. The van der Waals surface area contributed by atoms with Crippen molar-refractivity contribution in [1.82, 2.24) is 0 Å². The summed E-state index contributed by atoms with van der Waals surface area (Å²) in [6, 6.07) is 0. The fraction of sp³-hybridized carbons (Fsp3) is 0.938. The topological polar surface area (TPSA) is 35.5 Å². The molecule has 2 aliphatic carbocycles. The van der Waals surface area contributed by atoms with E-state index in [1.54, 1.807) is 7.11 Å². The van der Waals surface area contributed by atoms with E-state index in [2.05, 4.69) is 20.8 Å². The molecule has 3 nitrogen and oxygen atoms in total. The number of methoxy groups -OCH3 is 1. The van der Waals surface area contributed by atoms with Gasteiger partial charge in [-0.2, -0.15) is 0 Å². The van der Waals surface area contributed by atoms with E-state index in [1.165, 1.54) is 12.8 Å². The Bertz CT molecular complexity index is 372. The van der Waals surface area contributed by atoms with Crippen molar-refractivity contribution >= 4 is 5.97 Å². The maximum atomic E-state index is 12.1. The number of carbonyl (C=O) groups is 1. The standard InChI is InChI=1S/C16H28O3/c1-14(2,18-6)10-13(17)19-12-9-11-7-8-16(12,5)15(11,3)4/h11-12H,7-10H2,1-6H3. The Morgan fingerprint density at radius 3 is 2.37 bits per heavy atom. The van der Waals surface area contributed by atoms with Gasteiger partial charge in [0.2, 0.25) is 0 Å². The highest BCUT2D eigenvalue weighted by Gasteiger charge is 2.62. The van der Waals surface area contributed by atoms with E-state index in [-0.39, 0.29) is 22.9 Å². The van der Waals surface area contributed by atoms with E-state index in [4.69, 9.17) is 9.47 Å². The van der Waals surface area contributed by atoms with E-state index < -0.39 is 5.60 Å². The molecule has 0 N–H and O–H groups in total. The fourth-order valence-corrected chi connectivity index (χ4v) is 3.93. The number of ether oxygens (including phenoxy) is 2. The van der Waals surface area contributed by atoms with Crippen LogP contribution in [0.4, 0.5) is 0 Å². The molecule has 0 heterocycles. The second-order valence-corrected chi connectivity index (χ2v) is 7.73. The van der Waals surface area contributed by atoms with Gasteiger partial charge >= 0.3 is 5.97 Å². The van der Waals surface area contributed by atoms with Crippen LogP contribution < -0.4 is 0 Å². The van der Waals surface area contributed by atoms with Crippen LogP contribution in [0.2, 0.25) is 0 Å². The summed E-state index contributed by atoms with van der Waals surface area (Å²) in [5.74, 6) is 0.576. The van der Waals surface area contributed by atoms with E-state index in [1.807, 2.05) is 13.8 Å². The molecule has 0 aliphatic heterocycles. The van der Waals surface area contributed by atoms with Gasteiger partial charge in [0.05, 0.1) is 12.0 Å². The molecule has 110 valence electrons. The molecule has 3 atom stereocenters. The summed E-state index contributed by atoms with van der Waals surface area (Å²) in [6.07, 6.45) is 3.89. The highest BCUT2D eigenvalue weighted by Crippen LogP contribution is 2.66. The smallest absolute Gasteiger partial charge is 0.308 e. The quantitative estimate of drug-likeness (QED) is 0.731. The summed E-state index contributed by atoms with van der Waals surface area (Å²) < 4.78 is 11.1. The first kappa shape index (κ1) is 14.8. The molecule has 2 aliphatic rings. The molecule has 2 fully saturated rings. The molecule has 0 spiro atoms. The van der Waals surface area contributed by atoms with Crippen molar-refractivity contribution in [2.75, 3.05) is 7.11 Å². The Hall–Kier alpha value is -0.570. The Balaban J connectivity index is 2.01.